The number of fused-ring (bicyclic) bond motifs is 1. The Morgan fingerprint density at radius 3 is 2.60 bits per heavy atom. The van der Waals surface area contributed by atoms with Gasteiger partial charge in [0.05, 0.1) is 4.90 Å². The third-order valence-electron chi connectivity index (χ3n) is 4.09. The van der Waals surface area contributed by atoms with Crippen molar-refractivity contribution >= 4 is 21.6 Å². The van der Waals surface area contributed by atoms with Gasteiger partial charge in [0.2, 0.25) is 15.9 Å². The number of sulfonamides is 1. The van der Waals surface area contributed by atoms with Crippen LogP contribution in [0.1, 0.15) is 17.5 Å². The van der Waals surface area contributed by atoms with Gasteiger partial charge in [-0.3, -0.25) is 4.79 Å². The number of anilines is 1. The first-order chi connectivity index (χ1) is 11.8. The molecule has 8 heteroatoms. The van der Waals surface area contributed by atoms with Gasteiger partial charge < -0.3 is 5.32 Å². The maximum atomic E-state index is 13.8. The van der Waals surface area contributed by atoms with Gasteiger partial charge in [-0.05, 0) is 36.2 Å². The van der Waals surface area contributed by atoms with Crippen LogP contribution in [0.5, 0.6) is 0 Å². The second-order valence-electron chi connectivity index (χ2n) is 5.86. The van der Waals surface area contributed by atoms with Crippen molar-refractivity contribution in [3.63, 3.8) is 0 Å². The number of halogens is 2. The predicted molar refractivity (Wildman–Crippen MR) is 88.4 cm³/mol. The second kappa shape index (κ2) is 6.53. The number of carbonyl (C=O) groups excluding carboxylic acids is 1. The molecule has 0 saturated carbocycles. The lowest BCUT2D eigenvalue weighted by Crippen LogP contribution is -2.27. The molecule has 1 aliphatic rings. The predicted octanol–water partition coefficient (Wildman–Crippen LogP) is 2.67. The van der Waals surface area contributed by atoms with Crippen LogP contribution in [-0.4, -0.2) is 25.7 Å². The van der Waals surface area contributed by atoms with Crippen LogP contribution in [0.15, 0.2) is 41.3 Å². The van der Waals surface area contributed by atoms with E-state index in [2.05, 4.69) is 5.32 Å². The molecule has 0 aliphatic carbocycles. The van der Waals surface area contributed by atoms with Crippen molar-refractivity contribution in [3.8, 4) is 0 Å². The normalized spacial score (nSPS) is 14.3. The molecule has 1 N–H and O–H groups in total. The maximum Gasteiger partial charge on any atom is 0.243 e. The van der Waals surface area contributed by atoms with E-state index in [-0.39, 0.29) is 22.9 Å². The molecule has 0 saturated heterocycles. The third-order valence-corrected chi connectivity index (χ3v) is 5.89. The summed E-state index contributed by atoms with van der Waals surface area (Å²) < 4.78 is 53.2. The smallest absolute Gasteiger partial charge is 0.243 e. The molecule has 1 amide bonds. The van der Waals surface area contributed by atoms with Gasteiger partial charge in [-0.2, -0.15) is 4.31 Å². The summed E-state index contributed by atoms with van der Waals surface area (Å²) in [5, 5.41) is 2.69. The van der Waals surface area contributed by atoms with Crippen LogP contribution in [0.25, 0.3) is 0 Å². The van der Waals surface area contributed by atoms with E-state index in [0.29, 0.717) is 18.5 Å². The first-order valence-electron chi connectivity index (χ1n) is 7.60. The zero-order valence-corrected chi connectivity index (χ0v) is 14.2. The summed E-state index contributed by atoms with van der Waals surface area (Å²) in [4.78, 5) is 11.4. The molecule has 0 bridgehead atoms. The minimum Gasteiger partial charge on any atom is -0.326 e. The van der Waals surface area contributed by atoms with Crippen molar-refractivity contribution < 1.29 is 22.0 Å². The Morgan fingerprint density at radius 2 is 1.88 bits per heavy atom. The Bertz CT molecular complexity index is 945. The molecular formula is C17H16F2N2O3S. The lowest BCUT2D eigenvalue weighted by molar-refractivity contribution is -0.116. The van der Waals surface area contributed by atoms with Crippen LogP contribution >= 0.6 is 0 Å². The average molecular weight is 366 g/mol. The maximum absolute atomic E-state index is 13.8. The summed E-state index contributed by atoms with van der Waals surface area (Å²) in [5.74, 6) is -1.62. The lowest BCUT2D eigenvalue weighted by atomic mass is 10.0. The zero-order valence-electron chi connectivity index (χ0n) is 13.4. The number of hydrogen-bond donors (Lipinski definition) is 1. The van der Waals surface area contributed by atoms with E-state index in [1.165, 1.54) is 25.2 Å². The van der Waals surface area contributed by atoms with Crippen LogP contribution < -0.4 is 5.32 Å². The quantitative estimate of drug-likeness (QED) is 0.905. The Morgan fingerprint density at radius 1 is 1.12 bits per heavy atom. The average Bonchev–Trinajstić information content (AvgIpc) is 2.56. The van der Waals surface area contributed by atoms with E-state index < -0.39 is 21.7 Å². The highest BCUT2D eigenvalue weighted by atomic mass is 32.2. The first-order valence-corrected chi connectivity index (χ1v) is 9.04. The summed E-state index contributed by atoms with van der Waals surface area (Å²) in [6.45, 7) is -0.220. The summed E-state index contributed by atoms with van der Waals surface area (Å²) in [5.41, 5.74) is 1.42. The molecule has 0 aromatic heterocycles. The topological polar surface area (TPSA) is 66.5 Å². The number of nitrogens with one attached hydrogen (secondary N) is 1. The number of rotatable bonds is 4. The van der Waals surface area contributed by atoms with E-state index >= 15 is 0 Å². The number of benzene rings is 2. The minimum atomic E-state index is -3.85. The lowest BCUT2D eigenvalue weighted by Gasteiger charge is -2.21. The highest BCUT2D eigenvalue weighted by molar-refractivity contribution is 7.89. The molecule has 2 aromatic rings. The standard InChI is InChI=1S/C17H16F2N2O3S/c1-21(10-12-2-4-13(18)9-15(12)19)25(23,24)14-5-6-16-11(8-14)3-7-17(22)20-16/h2,4-6,8-9H,3,7,10H2,1H3,(H,20,22). The van der Waals surface area contributed by atoms with Gasteiger partial charge in [0.15, 0.2) is 0 Å². The van der Waals surface area contributed by atoms with Gasteiger partial charge >= 0.3 is 0 Å². The molecule has 0 fully saturated rings. The fraction of sp³-hybridized carbons (Fsp3) is 0.235. The van der Waals surface area contributed by atoms with Gasteiger partial charge in [0.25, 0.3) is 0 Å². The number of nitrogens with zero attached hydrogens (tertiary/aromatic N) is 1. The van der Waals surface area contributed by atoms with Crippen molar-refractivity contribution in [2.45, 2.75) is 24.3 Å². The third kappa shape index (κ3) is 3.54. The van der Waals surface area contributed by atoms with E-state index in [4.69, 9.17) is 0 Å². The summed E-state index contributed by atoms with van der Waals surface area (Å²) in [6, 6.07) is 7.49. The van der Waals surface area contributed by atoms with Crippen LogP contribution in [0, 0.1) is 11.6 Å². The Hall–Kier alpha value is -2.32. The van der Waals surface area contributed by atoms with Gasteiger partial charge in [-0.25, -0.2) is 17.2 Å². The van der Waals surface area contributed by atoms with Crippen LogP contribution in [0.4, 0.5) is 14.5 Å². The van der Waals surface area contributed by atoms with Crippen LogP contribution in [0.3, 0.4) is 0 Å². The van der Waals surface area contributed by atoms with Crippen LogP contribution in [-0.2, 0) is 27.8 Å². The summed E-state index contributed by atoms with van der Waals surface area (Å²) in [6.07, 6.45) is 0.758. The molecule has 2 aromatic carbocycles. The van der Waals surface area contributed by atoms with Crippen molar-refractivity contribution in [1.29, 1.82) is 0 Å². The molecule has 25 heavy (non-hydrogen) atoms. The minimum absolute atomic E-state index is 0.0624. The van der Waals surface area contributed by atoms with Gasteiger partial charge in [-0.15, -0.1) is 0 Å². The van der Waals surface area contributed by atoms with Crippen LogP contribution in [0.2, 0.25) is 0 Å². The molecule has 0 radical (unpaired) electrons. The molecule has 1 aliphatic heterocycles. The first kappa shape index (κ1) is 17.5. The summed E-state index contributed by atoms with van der Waals surface area (Å²) in [7, 11) is -2.52. The fourth-order valence-corrected chi connectivity index (χ4v) is 3.88. The fourth-order valence-electron chi connectivity index (χ4n) is 2.67. The van der Waals surface area contributed by atoms with E-state index in [0.717, 1.165) is 22.0 Å². The number of hydrogen-bond acceptors (Lipinski definition) is 3. The highest BCUT2D eigenvalue weighted by Crippen LogP contribution is 2.27. The zero-order chi connectivity index (χ0) is 18.2. The highest BCUT2D eigenvalue weighted by Gasteiger charge is 2.24. The van der Waals surface area contributed by atoms with Gasteiger partial charge in [0, 0.05) is 37.3 Å². The molecule has 3 rings (SSSR count). The van der Waals surface area contributed by atoms with Crippen molar-refractivity contribution in [2.75, 3.05) is 12.4 Å². The van der Waals surface area contributed by atoms with Crippen molar-refractivity contribution in [2.24, 2.45) is 0 Å². The molecule has 0 unspecified atom stereocenters. The molecule has 0 atom stereocenters. The largest absolute Gasteiger partial charge is 0.326 e. The number of carbonyl (C=O) groups is 1. The number of amides is 1. The Balaban J connectivity index is 1.87. The second-order valence-corrected chi connectivity index (χ2v) is 7.91. The molecule has 5 nitrogen and oxygen atoms in total. The SMILES string of the molecule is CN(Cc1ccc(F)cc1F)S(=O)(=O)c1ccc2c(c1)CCC(=O)N2. The van der Waals surface area contributed by atoms with Crippen molar-refractivity contribution in [1.82, 2.24) is 4.31 Å². The molecular weight excluding hydrogens is 350 g/mol. The van der Waals surface area contributed by atoms with E-state index in [9.17, 15) is 22.0 Å². The number of aryl methyl sites for hydroxylation is 1. The monoisotopic (exact) mass is 366 g/mol. The van der Waals surface area contributed by atoms with E-state index in [1.807, 2.05) is 0 Å². The van der Waals surface area contributed by atoms with Gasteiger partial charge in [0.1, 0.15) is 11.6 Å². The van der Waals surface area contributed by atoms with Gasteiger partial charge in [-0.1, -0.05) is 6.07 Å². The summed E-state index contributed by atoms with van der Waals surface area (Å²) >= 11 is 0. The molecule has 1 heterocycles. The van der Waals surface area contributed by atoms with Crippen molar-refractivity contribution in [3.05, 3.63) is 59.2 Å². The Labute approximate surface area is 144 Å². The Kier molecular flexibility index (Phi) is 4.57. The molecule has 132 valence electrons. The van der Waals surface area contributed by atoms with E-state index in [1.54, 1.807) is 6.07 Å². The molecule has 0 spiro atoms.